The fourth-order valence-corrected chi connectivity index (χ4v) is 3.61. The molecule has 1 aliphatic carbocycles. The van der Waals surface area contributed by atoms with Gasteiger partial charge in [-0.2, -0.15) is 0 Å². The Labute approximate surface area is 127 Å². The molecule has 116 valence electrons. The van der Waals surface area contributed by atoms with Crippen LogP contribution in [0.15, 0.2) is 24.3 Å². The molecule has 1 aliphatic rings. The summed E-state index contributed by atoms with van der Waals surface area (Å²) >= 11 is 0. The Balaban J connectivity index is 2.17. The zero-order valence-electron chi connectivity index (χ0n) is 13.2. The molecular weight excluding hydrogens is 264 g/mol. The minimum Gasteiger partial charge on any atom is -0.496 e. The predicted octanol–water partition coefficient (Wildman–Crippen LogP) is 4.01. The lowest BCUT2D eigenvalue weighted by molar-refractivity contribution is -0.145. The standard InChI is InChI=1S/C18H26O3/c1-12(2)13-8-9-16(18(19)20)15(10-13)11-14-6-4-5-7-17(14)21-3/h4-7,12-13,15-16H,8-11H2,1-3H3,(H,19,20). The van der Waals surface area contributed by atoms with Crippen molar-refractivity contribution in [2.45, 2.75) is 39.5 Å². The van der Waals surface area contributed by atoms with Crippen molar-refractivity contribution in [2.24, 2.45) is 23.7 Å². The Hall–Kier alpha value is -1.51. The summed E-state index contributed by atoms with van der Waals surface area (Å²) in [7, 11) is 1.67. The molecule has 3 unspecified atom stereocenters. The highest BCUT2D eigenvalue weighted by Crippen LogP contribution is 2.40. The Morgan fingerprint density at radius 3 is 2.67 bits per heavy atom. The van der Waals surface area contributed by atoms with Gasteiger partial charge < -0.3 is 9.84 Å². The van der Waals surface area contributed by atoms with Crippen LogP contribution in [-0.4, -0.2) is 18.2 Å². The van der Waals surface area contributed by atoms with Crippen molar-refractivity contribution in [2.75, 3.05) is 7.11 Å². The molecule has 21 heavy (non-hydrogen) atoms. The molecule has 0 heterocycles. The van der Waals surface area contributed by atoms with Crippen molar-refractivity contribution in [3.8, 4) is 5.75 Å². The van der Waals surface area contributed by atoms with E-state index < -0.39 is 5.97 Å². The van der Waals surface area contributed by atoms with Gasteiger partial charge in [0.2, 0.25) is 0 Å². The number of hydrogen-bond donors (Lipinski definition) is 1. The summed E-state index contributed by atoms with van der Waals surface area (Å²) in [5.41, 5.74) is 1.13. The van der Waals surface area contributed by atoms with Gasteiger partial charge in [0.25, 0.3) is 0 Å². The topological polar surface area (TPSA) is 46.5 Å². The van der Waals surface area contributed by atoms with Crippen molar-refractivity contribution in [3.63, 3.8) is 0 Å². The van der Waals surface area contributed by atoms with E-state index >= 15 is 0 Å². The maximum Gasteiger partial charge on any atom is 0.306 e. The van der Waals surface area contributed by atoms with E-state index in [1.165, 1.54) is 0 Å². The first kappa shape index (κ1) is 15.9. The number of carboxylic acid groups (broad SMARTS) is 1. The van der Waals surface area contributed by atoms with Crippen LogP contribution in [0.1, 0.15) is 38.7 Å². The second-order valence-corrected chi connectivity index (χ2v) is 6.54. The van der Waals surface area contributed by atoms with Gasteiger partial charge in [-0.15, -0.1) is 0 Å². The van der Waals surface area contributed by atoms with Crippen LogP contribution in [0.2, 0.25) is 0 Å². The molecule has 1 saturated carbocycles. The van der Waals surface area contributed by atoms with Crippen LogP contribution in [0, 0.1) is 23.7 Å². The molecule has 3 atom stereocenters. The Morgan fingerprint density at radius 2 is 2.05 bits per heavy atom. The summed E-state index contributed by atoms with van der Waals surface area (Å²) in [4.78, 5) is 11.6. The van der Waals surface area contributed by atoms with Gasteiger partial charge in [-0.1, -0.05) is 32.0 Å². The molecule has 0 saturated heterocycles. The fraction of sp³-hybridized carbons (Fsp3) is 0.611. The molecule has 1 fully saturated rings. The lowest BCUT2D eigenvalue weighted by Crippen LogP contribution is -2.33. The van der Waals surface area contributed by atoms with Crippen LogP contribution < -0.4 is 4.74 Å². The van der Waals surface area contributed by atoms with E-state index in [1.54, 1.807) is 7.11 Å². The molecule has 0 amide bonds. The molecule has 0 bridgehead atoms. The maximum absolute atomic E-state index is 11.6. The second kappa shape index (κ2) is 6.97. The van der Waals surface area contributed by atoms with Crippen LogP contribution in [-0.2, 0) is 11.2 Å². The molecule has 3 nitrogen and oxygen atoms in total. The van der Waals surface area contributed by atoms with E-state index in [4.69, 9.17) is 4.74 Å². The highest BCUT2D eigenvalue weighted by atomic mass is 16.5. The summed E-state index contributed by atoms with van der Waals surface area (Å²) in [6.07, 6.45) is 3.64. The van der Waals surface area contributed by atoms with E-state index in [2.05, 4.69) is 19.9 Å². The van der Waals surface area contributed by atoms with Gasteiger partial charge in [0.05, 0.1) is 13.0 Å². The Bertz CT molecular complexity index is 481. The Morgan fingerprint density at radius 1 is 1.33 bits per heavy atom. The van der Waals surface area contributed by atoms with E-state index in [9.17, 15) is 9.90 Å². The number of benzene rings is 1. The van der Waals surface area contributed by atoms with Crippen LogP contribution in [0.5, 0.6) is 5.75 Å². The molecule has 0 aromatic heterocycles. The number of para-hydroxylation sites is 1. The average Bonchev–Trinajstić information content (AvgIpc) is 2.47. The molecule has 1 aromatic rings. The van der Waals surface area contributed by atoms with Gasteiger partial charge in [0.1, 0.15) is 5.75 Å². The number of ether oxygens (including phenoxy) is 1. The Kier molecular flexibility index (Phi) is 5.27. The van der Waals surface area contributed by atoms with Crippen molar-refractivity contribution in [1.82, 2.24) is 0 Å². The maximum atomic E-state index is 11.6. The third-order valence-electron chi connectivity index (χ3n) is 4.96. The minimum atomic E-state index is -0.642. The van der Waals surface area contributed by atoms with Crippen LogP contribution in [0.3, 0.4) is 0 Å². The van der Waals surface area contributed by atoms with Gasteiger partial charge in [0.15, 0.2) is 0 Å². The zero-order valence-corrected chi connectivity index (χ0v) is 13.2. The third-order valence-corrected chi connectivity index (χ3v) is 4.96. The largest absolute Gasteiger partial charge is 0.496 e. The van der Waals surface area contributed by atoms with Crippen LogP contribution in [0.25, 0.3) is 0 Å². The first-order valence-corrected chi connectivity index (χ1v) is 7.87. The van der Waals surface area contributed by atoms with Crippen LogP contribution >= 0.6 is 0 Å². The van der Waals surface area contributed by atoms with E-state index in [1.807, 2.05) is 18.2 Å². The molecule has 3 heteroatoms. The summed E-state index contributed by atoms with van der Waals surface area (Å²) in [5, 5.41) is 9.51. The smallest absolute Gasteiger partial charge is 0.306 e. The van der Waals surface area contributed by atoms with Gasteiger partial charge in [-0.3, -0.25) is 4.79 Å². The molecule has 0 radical (unpaired) electrons. The van der Waals surface area contributed by atoms with Crippen molar-refractivity contribution in [3.05, 3.63) is 29.8 Å². The summed E-state index contributed by atoms with van der Waals surface area (Å²) in [6, 6.07) is 7.95. The first-order chi connectivity index (χ1) is 10.0. The average molecular weight is 290 g/mol. The molecule has 1 N–H and O–H groups in total. The van der Waals surface area contributed by atoms with Crippen molar-refractivity contribution >= 4 is 5.97 Å². The number of methoxy groups -OCH3 is 1. The monoisotopic (exact) mass is 290 g/mol. The van der Waals surface area contributed by atoms with E-state index in [0.29, 0.717) is 11.8 Å². The molecule has 1 aromatic carbocycles. The lowest BCUT2D eigenvalue weighted by atomic mass is 9.69. The van der Waals surface area contributed by atoms with Gasteiger partial charge in [0, 0.05) is 0 Å². The molecule has 0 spiro atoms. The number of carbonyl (C=O) groups is 1. The van der Waals surface area contributed by atoms with Crippen molar-refractivity contribution < 1.29 is 14.6 Å². The zero-order chi connectivity index (χ0) is 15.4. The van der Waals surface area contributed by atoms with E-state index in [-0.39, 0.29) is 11.8 Å². The van der Waals surface area contributed by atoms with Crippen molar-refractivity contribution in [1.29, 1.82) is 0 Å². The number of rotatable bonds is 5. The summed E-state index contributed by atoms with van der Waals surface area (Å²) in [5.74, 6) is 1.48. The normalized spacial score (nSPS) is 25.8. The minimum absolute atomic E-state index is 0.208. The summed E-state index contributed by atoms with van der Waals surface area (Å²) in [6.45, 7) is 4.48. The van der Waals surface area contributed by atoms with Gasteiger partial charge in [-0.25, -0.2) is 0 Å². The highest BCUT2D eigenvalue weighted by molar-refractivity contribution is 5.70. The quantitative estimate of drug-likeness (QED) is 0.891. The molecule has 0 aliphatic heterocycles. The number of hydrogen-bond acceptors (Lipinski definition) is 2. The summed E-state index contributed by atoms with van der Waals surface area (Å²) < 4.78 is 5.41. The highest BCUT2D eigenvalue weighted by Gasteiger charge is 2.36. The predicted molar refractivity (Wildman–Crippen MR) is 83.5 cm³/mol. The fourth-order valence-electron chi connectivity index (χ4n) is 3.61. The first-order valence-electron chi connectivity index (χ1n) is 7.87. The van der Waals surface area contributed by atoms with Gasteiger partial charge in [-0.05, 0) is 55.1 Å². The molecular formula is C18H26O3. The SMILES string of the molecule is COc1ccccc1CC1CC(C(C)C)CCC1C(=O)O. The van der Waals surface area contributed by atoms with Gasteiger partial charge >= 0.3 is 5.97 Å². The number of carboxylic acids is 1. The second-order valence-electron chi connectivity index (χ2n) is 6.54. The number of aliphatic carboxylic acids is 1. The third kappa shape index (κ3) is 3.78. The van der Waals surface area contributed by atoms with E-state index in [0.717, 1.165) is 37.0 Å². The molecule has 2 rings (SSSR count). The lowest BCUT2D eigenvalue weighted by Gasteiger charge is -2.36. The van der Waals surface area contributed by atoms with Crippen LogP contribution in [0.4, 0.5) is 0 Å².